The molecule has 0 aromatic carbocycles. The largest absolute Gasteiger partial charge is 0.506 e. The zero-order valence-electron chi connectivity index (χ0n) is 2.61. The summed E-state index contributed by atoms with van der Waals surface area (Å²) in [5, 5.41) is 0. The molecule has 0 spiro atoms. The zero-order valence-corrected chi connectivity index (χ0v) is 6.12. The standard InChI is InChI=1S/ClHO2.ClH.Na/c2-1-3;;/h2H;1H;/q;;+1/p-1. The third-order valence-electron chi connectivity index (χ3n) is 0. The van der Waals surface area contributed by atoms with Crippen LogP contribution in [0.3, 0.4) is 0 Å². The Morgan fingerprint density at radius 1 is 1.80 bits per heavy atom. The van der Waals surface area contributed by atoms with Crippen LogP contribution in [-0.2, 0) is 0 Å². The number of hydrogen-bond acceptors (Lipinski definition) is 2. The summed E-state index contributed by atoms with van der Waals surface area (Å²) >= 11 is 0.611. The molecule has 0 atom stereocenters. The second-order valence-electron chi connectivity index (χ2n) is 0.0690. The van der Waals surface area contributed by atoms with Crippen molar-refractivity contribution in [3.8, 4) is 0 Å². The van der Waals surface area contributed by atoms with Crippen LogP contribution in [0.25, 0.3) is 0 Å². The topological polar surface area (TPSA) is 43.3 Å². The summed E-state index contributed by atoms with van der Waals surface area (Å²) in [7, 11) is 4.78. The Kier molecular flexibility index (Phi) is 34.6. The Morgan fingerprint density at radius 3 is 1.80 bits per heavy atom. The van der Waals surface area contributed by atoms with Gasteiger partial charge in [0.05, 0.1) is 0 Å². The molecule has 0 fully saturated rings. The molecule has 0 heterocycles. The summed E-state index contributed by atoms with van der Waals surface area (Å²) in [5.41, 5.74) is 0. The van der Waals surface area contributed by atoms with Crippen molar-refractivity contribution in [3.63, 3.8) is 0 Å². The number of halogens is 2. The molecule has 0 radical (unpaired) electrons. The third kappa shape index (κ3) is 29.9. The van der Waals surface area contributed by atoms with Gasteiger partial charge in [-0.15, -0.1) is 4.66 Å². The molecule has 0 saturated heterocycles. The first-order chi connectivity index (χ1) is 2.41. The van der Waals surface area contributed by atoms with Gasteiger partial charge in [0.25, 0.3) is 0 Å². The minimum atomic E-state index is -0.167. The van der Waals surface area contributed by atoms with Crippen molar-refractivity contribution < 1.29 is 20.6 Å². The summed E-state index contributed by atoms with van der Waals surface area (Å²) in [6.45, 7) is 0. The van der Waals surface area contributed by atoms with Crippen LogP contribution in [0.1, 0.15) is 0 Å². The van der Waals surface area contributed by atoms with Crippen molar-refractivity contribution >= 4 is 34.6 Å². The van der Waals surface area contributed by atoms with E-state index in [0.717, 1.165) is 26.6 Å². The SMILES string of the molecule is [Na][Cl].[O-][Cl+]O. The summed E-state index contributed by atoms with van der Waals surface area (Å²) in [6, 6.07) is 0. The third-order valence-corrected chi connectivity index (χ3v) is 0. The van der Waals surface area contributed by atoms with Gasteiger partial charge >= 0.3 is 45.9 Å². The van der Waals surface area contributed by atoms with Crippen molar-refractivity contribution in [2.45, 2.75) is 0 Å². The van der Waals surface area contributed by atoms with Gasteiger partial charge in [0, 0.05) is 0 Å². The van der Waals surface area contributed by atoms with Crippen LogP contribution in [0.4, 0.5) is 0 Å². The van der Waals surface area contributed by atoms with Gasteiger partial charge in [-0.25, -0.2) is 0 Å². The van der Waals surface area contributed by atoms with Crippen molar-refractivity contribution in [2.75, 3.05) is 0 Å². The summed E-state index contributed by atoms with van der Waals surface area (Å²) in [4.78, 5) is 0. The van der Waals surface area contributed by atoms with Crippen molar-refractivity contribution in [3.05, 3.63) is 0 Å². The van der Waals surface area contributed by atoms with E-state index in [4.69, 9.17) is 17.2 Å². The second kappa shape index (κ2) is 17.8. The fourth-order valence-electron chi connectivity index (χ4n) is 0. The molecule has 0 aliphatic heterocycles. The number of hydrogen-bond donors (Lipinski definition) is 1. The van der Waals surface area contributed by atoms with Crippen LogP contribution >= 0.6 is 7.91 Å². The van der Waals surface area contributed by atoms with Crippen LogP contribution in [0, 0.1) is 11.3 Å². The van der Waals surface area contributed by atoms with E-state index in [1.165, 1.54) is 0 Å². The Hall–Kier alpha value is 1.50. The Balaban J connectivity index is 0. The molecule has 0 aliphatic rings. The molecule has 1 N–H and O–H groups in total. The Bertz CT molecular complexity index is 7.61. The molecule has 2 nitrogen and oxygen atoms in total. The van der Waals surface area contributed by atoms with E-state index in [2.05, 4.69) is 0 Å². The first kappa shape index (κ1) is 9.71. The fourth-order valence-corrected chi connectivity index (χ4v) is 0. The maximum absolute atomic E-state index is 8.35. The summed E-state index contributed by atoms with van der Waals surface area (Å²) < 4.78 is 15.2. The normalized spacial score (nSPS) is 5.00. The molecule has 5 heteroatoms. The monoisotopic (exact) mass is 126 g/mol. The zero-order chi connectivity index (χ0) is 4.71. The van der Waals surface area contributed by atoms with E-state index < -0.39 is 0 Å². The van der Waals surface area contributed by atoms with Crippen LogP contribution in [0.15, 0.2) is 0 Å². The molecule has 0 unspecified atom stereocenters. The van der Waals surface area contributed by atoms with Gasteiger partial charge < -0.3 is 4.66 Å². The molecule has 0 amide bonds. The first-order valence-corrected chi connectivity index (χ1v) is 4.37. The van der Waals surface area contributed by atoms with Crippen LogP contribution in [-0.4, -0.2) is 31.3 Å². The van der Waals surface area contributed by atoms with E-state index in [0.29, 0.717) is 0 Å². The summed E-state index contributed by atoms with van der Waals surface area (Å²) in [5.74, 6) is 0. The Labute approximate surface area is 54.9 Å². The molecule has 5 heavy (non-hydrogen) atoms. The van der Waals surface area contributed by atoms with E-state index in [9.17, 15) is 0 Å². The second-order valence-corrected chi connectivity index (χ2v) is 0.207. The van der Waals surface area contributed by atoms with Gasteiger partial charge in [-0.3, -0.25) is 0 Å². The Morgan fingerprint density at radius 2 is 1.80 bits per heavy atom. The van der Waals surface area contributed by atoms with Gasteiger partial charge in [-0.1, -0.05) is 0 Å². The van der Waals surface area contributed by atoms with E-state index >= 15 is 0 Å². The quantitative estimate of drug-likeness (QED) is 0.405. The molecule has 28 valence electrons. The predicted molar refractivity (Wildman–Crippen MR) is 13.8 cm³/mol. The molecule has 0 aromatic rings. The maximum Gasteiger partial charge on any atom is 0.327 e. The molecular formula is HCl2NaO2. The van der Waals surface area contributed by atoms with Gasteiger partial charge in [0.15, 0.2) is 0 Å². The van der Waals surface area contributed by atoms with Gasteiger partial charge in [-0.2, -0.15) is 0 Å². The van der Waals surface area contributed by atoms with E-state index in [1.54, 1.807) is 0 Å². The fraction of sp³-hybridized carbons (Fsp3) is 0. The molecule has 0 rings (SSSR count). The smallest absolute Gasteiger partial charge is 0.327 e. The van der Waals surface area contributed by atoms with E-state index in [-0.39, 0.29) is 11.3 Å². The van der Waals surface area contributed by atoms with Gasteiger partial charge in [-0.05, 0) is 0 Å². The van der Waals surface area contributed by atoms with Gasteiger partial charge in [0.2, 0.25) is 0 Å². The van der Waals surface area contributed by atoms with Crippen LogP contribution in [0.5, 0.6) is 0 Å². The molecule has 0 saturated carbocycles. The number of rotatable bonds is 0. The minimum Gasteiger partial charge on any atom is -0.506 e. The molecule has 0 bridgehead atoms. The molecule has 0 aromatic heterocycles. The first-order valence-electron chi connectivity index (χ1n) is 0.701. The van der Waals surface area contributed by atoms with Gasteiger partial charge in [0.1, 0.15) is 0 Å². The predicted octanol–water partition coefficient (Wildman–Crippen LogP) is -1.44. The van der Waals surface area contributed by atoms with Crippen LogP contribution in [0.2, 0.25) is 0 Å². The van der Waals surface area contributed by atoms with Crippen molar-refractivity contribution in [1.82, 2.24) is 0 Å². The average molecular weight is 127 g/mol. The maximum atomic E-state index is 8.35. The van der Waals surface area contributed by atoms with Crippen molar-refractivity contribution in [2.24, 2.45) is 0 Å². The van der Waals surface area contributed by atoms with E-state index in [1.807, 2.05) is 0 Å². The summed E-state index contributed by atoms with van der Waals surface area (Å²) in [6.07, 6.45) is 0. The van der Waals surface area contributed by atoms with Crippen molar-refractivity contribution in [1.29, 1.82) is 0 Å². The average Bonchev–Trinajstić information content (AvgIpc) is 1.46. The minimum absolute atomic E-state index is 0.167. The molecular weight excluding hydrogens is 126 g/mol. The molecule has 0 aliphatic carbocycles. The van der Waals surface area contributed by atoms with Crippen LogP contribution < -0.4 is 4.66 Å².